The summed E-state index contributed by atoms with van der Waals surface area (Å²) in [5.74, 6) is -1.61. The van der Waals surface area contributed by atoms with Crippen LogP contribution in [-0.4, -0.2) is 31.7 Å². The van der Waals surface area contributed by atoms with Gasteiger partial charge in [0.1, 0.15) is 0 Å². The largest absolute Gasteiger partial charge is 0.479 e. The van der Waals surface area contributed by atoms with E-state index in [0.29, 0.717) is 16.8 Å². The number of carbonyl (C=O) groups is 2. The fourth-order valence-corrected chi connectivity index (χ4v) is 2.88. The number of carbonyl (C=O) groups excluding carboxylic acids is 1. The van der Waals surface area contributed by atoms with E-state index < -0.39 is 17.9 Å². The van der Waals surface area contributed by atoms with Crippen LogP contribution in [0.1, 0.15) is 38.8 Å². The monoisotopic (exact) mass is 352 g/mol. The Kier molecular flexibility index (Phi) is 4.46. The SMILES string of the molecule is Cc1ccc(C(NC(=O)c2cnc3c(c2)c(C)nn3C)C(=O)O)cc1C. The van der Waals surface area contributed by atoms with Gasteiger partial charge in [-0.1, -0.05) is 18.2 Å². The molecule has 0 radical (unpaired) electrons. The lowest BCUT2D eigenvalue weighted by Gasteiger charge is -2.16. The molecule has 26 heavy (non-hydrogen) atoms. The molecule has 0 fully saturated rings. The van der Waals surface area contributed by atoms with Crippen molar-refractivity contribution in [3.05, 3.63) is 58.4 Å². The predicted molar refractivity (Wildman–Crippen MR) is 97.0 cm³/mol. The number of hydrogen-bond acceptors (Lipinski definition) is 4. The molecule has 0 saturated carbocycles. The van der Waals surface area contributed by atoms with Crippen molar-refractivity contribution in [2.24, 2.45) is 7.05 Å². The van der Waals surface area contributed by atoms with Gasteiger partial charge in [-0.25, -0.2) is 9.78 Å². The number of carboxylic acids is 1. The van der Waals surface area contributed by atoms with E-state index in [4.69, 9.17) is 0 Å². The van der Waals surface area contributed by atoms with Crippen LogP contribution in [0.2, 0.25) is 0 Å². The summed E-state index contributed by atoms with van der Waals surface area (Å²) in [5.41, 5.74) is 4.28. The molecule has 7 heteroatoms. The minimum absolute atomic E-state index is 0.295. The first-order valence-corrected chi connectivity index (χ1v) is 8.18. The van der Waals surface area contributed by atoms with Crippen LogP contribution in [0.15, 0.2) is 30.5 Å². The molecule has 1 amide bonds. The third-order valence-corrected chi connectivity index (χ3v) is 4.51. The quantitative estimate of drug-likeness (QED) is 0.752. The number of rotatable bonds is 4. The molecule has 2 heterocycles. The van der Waals surface area contributed by atoms with Gasteiger partial charge >= 0.3 is 5.97 Å². The Hall–Kier alpha value is -3.22. The maximum atomic E-state index is 12.6. The minimum atomic E-state index is -1.13. The van der Waals surface area contributed by atoms with E-state index in [9.17, 15) is 14.7 Å². The lowest BCUT2D eigenvalue weighted by Crippen LogP contribution is -2.33. The molecule has 134 valence electrons. The summed E-state index contributed by atoms with van der Waals surface area (Å²) >= 11 is 0. The highest BCUT2D eigenvalue weighted by atomic mass is 16.4. The Morgan fingerprint density at radius 3 is 2.54 bits per heavy atom. The zero-order valence-corrected chi connectivity index (χ0v) is 15.1. The van der Waals surface area contributed by atoms with E-state index >= 15 is 0 Å². The van der Waals surface area contributed by atoms with Gasteiger partial charge in [0.2, 0.25) is 0 Å². The molecule has 0 saturated heterocycles. The molecule has 0 aliphatic carbocycles. The van der Waals surface area contributed by atoms with Crippen molar-refractivity contribution in [1.82, 2.24) is 20.1 Å². The van der Waals surface area contributed by atoms with Gasteiger partial charge in [0.05, 0.1) is 11.3 Å². The molecule has 1 aromatic carbocycles. The third-order valence-electron chi connectivity index (χ3n) is 4.51. The summed E-state index contributed by atoms with van der Waals surface area (Å²) in [6.07, 6.45) is 1.43. The number of nitrogens with zero attached hydrogens (tertiary/aromatic N) is 3. The van der Waals surface area contributed by atoms with Gasteiger partial charge in [-0.2, -0.15) is 5.10 Å². The molecular formula is C19H20N4O3. The van der Waals surface area contributed by atoms with Crippen LogP contribution in [-0.2, 0) is 11.8 Å². The van der Waals surface area contributed by atoms with Crippen LogP contribution in [0.5, 0.6) is 0 Å². The maximum Gasteiger partial charge on any atom is 0.330 e. The summed E-state index contributed by atoms with van der Waals surface area (Å²) in [7, 11) is 1.78. The van der Waals surface area contributed by atoms with Crippen molar-refractivity contribution in [2.45, 2.75) is 26.8 Å². The van der Waals surface area contributed by atoms with Crippen LogP contribution < -0.4 is 5.32 Å². The summed E-state index contributed by atoms with van der Waals surface area (Å²) in [6, 6.07) is 5.89. The summed E-state index contributed by atoms with van der Waals surface area (Å²) in [6.45, 7) is 5.69. The van der Waals surface area contributed by atoms with E-state index in [2.05, 4.69) is 15.4 Å². The van der Waals surface area contributed by atoms with Crippen molar-refractivity contribution < 1.29 is 14.7 Å². The molecule has 1 atom stereocenters. The lowest BCUT2D eigenvalue weighted by atomic mass is 10.0. The lowest BCUT2D eigenvalue weighted by molar-refractivity contribution is -0.139. The third kappa shape index (κ3) is 3.15. The van der Waals surface area contributed by atoms with E-state index in [1.54, 1.807) is 29.9 Å². The number of benzene rings is 1. The Bertz CT molecular complexity index is 1020. The minimum Gasteiger partial charge on any atom is -0.479 e. The molecular weight excluding hydrogens is 332 g/mol. The molecule has 3 rings (SSSR count). The highest BCUT2D eigenvalue weighted by Crippen LogP contribution is 2.20. The van der Waals surface area contributed by atoms with Crippen LogP contribution in [0.4, 0.5) is 0 Å². The number of carboxylic acid groups (broad SMARTS) is 1. The standard InChI is InChI=1S/C19H20N4O3/c1-10-5-6-13(7-11(10)2)16(19(25)26)21-18(24)14-8-15-12(3)22-23(4)17(15)20-9-14/h5-9,16H,1-4H3,(H,21,24)(H,25,26). The number of aryl methyl sites for hydroxylation is 4. The normalized spacial score (nSPS) is 12.2. The average molecular weight is 352 g/mol. The van der Waals surface area contributed by atoms with Gasteiger partial charge < -0.3 is 10.4 Å². The van der Waals surface area contributed by atoms with Gasteiger partial charge in [-0.05, 0) is 43.5 Å². The Labute approximate surface area is 150 Å². The second kappa shape index (κ2) is 6.59. The first kappa shape index (κ1) is 17.6. The van der Waals surface area contributed by atoms with Crippen molar-refractivity contribution in [3.63, 3.8) is 0 Å². The van der Waals surface area contributed by atoms with Crippen LogP contribution in [0.3, 0.4) is 0 Å². The number of aliphatic carboxylic acids is 1. The number of amides is 1. The van der Waals surface area contributed by atoms with E-state index in [1.807, 2.05) is 26.8 Å². The van der Waals surface area contributed by atoms with Gasteiger partial charge in [-0.15, -0.1) is 0 Å². The van der Waals surface area contributed by atoms with Crippen molar-refractivity contribution in [3.8, 4) is 0 Å². The van der Waals surface area contributed by atoms with Crippen LogP contribution in [0.25, 0.3) is 11.0 Å². The number of pyridine rings is 1. The average Bonchev–Trinajstić information content (AvgIpc) is 2.88. The Balaban J connectivity index is 1.92. The summed E-state index contributed by atoms with van der Waals surface area (Å²) in [5, 5.41) is 17.2. The molecule has 7 nitrogen and oxygen atoms in total. The van der Waals surface area contributed by atoms with Gasteiger partial charge in [0, 0.05) is 18.6 Å². The van der Waals surface area contributed by atoms with Gasteiger partial charge in [-0.3, -0.25) is 9.48 Å². The van der Waals surface area contributed by atoms with Crippen molar-refractivity contribution in [1.29, 1.82) is 0 Å². The number of aromatic nitrogens is 3. The first-order chi connectivity index (χ1) is 12.3. The van der Waals surface area contributed by atoms with E-state index in [-0.39, 0.29) is 0 Å². The highest BCUT2D eigenvalue weighted by Gasteiger charge is 2.23. The fraction of sp³-hybridized carbons (Fsp3) is 0.263. The molecule has 0 aliphatic heterocycles. The summed E-state index contributed by atoms with van der Waals surface area (Å²) < 4.78 is 1.64. The smallest absolute Gasteiger partial charge is 0.330 e. The Morgan fingerprint density at radius 2 is 1.88 bits per heavy atom. The molecule has 3 aromatic rings. The zero-order chi connectivity index (χ0) is 19.0. The number of hydrogen-bond donors (Lipinski definition) is 2. The van der Waals surface area contributed by atoms with E-state index in [1.165, 1.54) is 6.20 Å². The van der Waals surface area contributed by atoms with Crippen molar-refractivity contribution in [2.75, 3.05) is 0 Å². The van der Waals surface area contributed by atoms with E-state index in [0.717, 1.165) is 22.2 Å². The molecule has 0 bridgehead atoms. The molecule has 0 spiro atoms. The number of nitrogens with one attached hydrogen (secondary N) is 1. The second-order valence-corrected chi connectivity index (χ2v) is 6.39. The predicted octanol–water partition coefficient (Wildman–Crippen LogP) is 2.45. The molecule has 1 unspecified atom stereocenters. The fourth-order valence-electron chi connectivity index (χ4n) is 2.88. The van der Waals surface area contributed by atoms with Crippen LogP contribution in [0, 0.1) is 20.8 Å². The Morgan fingerprint density at radius 1 is 1.15 bits per heavy atom. The van der Waals surface area contributed by atoms with Gasteiger partial charge in [0.15, 0.2) is 11.7 Å². The topological polar surface area (TPSA) is 97.1 Å². The molecule has 2 aromatic heterocycles. The van der Waals surface area contributed by atoms with Crippen LogP contribution >= 0.6 is 0 Å². The molecule has 2 N–H and O–H groups in total. The zero-order valence-electron chi connectivity index (χ0n) is 15.1. The molecule has 0 aliphatic rings. The van der Waals surface area contributed by atoms with Gasteiger partial charge in [0.25, 0.3) is 5.91 Å². The summed E-state index contributed by atoms with van der Waals surface area (Å²) in [4.78, 5) is 28.6. The second-order valence-electron chi connectivity index (χ2n) is 6.39. The van der Waals surface area contributed by atoms with Crippen molar-refractivity contribution >= 4 is 22.9 Å². The number of fused-ring (bicyclic) bond motifs is 1. The first-order valence-electron chi connectivity index (χ1n) is 8.18. The highest BCUT2D eigenvalue weighted by molar-refractivity contribution is 5.99. The maximum absolute atomic E-state index is 12.6.